The number of H-pyrrole nitrogens is 1. The molecule has 2 heterocycles. The van der Waals surface area contributed by atoms with Crippen LogP contribution in [0.3, 0.4) is 0 Å². The molecule has 3 rings (SSSR count). The monoisotopic (exact) mass is 416 g/mol. The number of aryl methyl sites for hydroxylation is 2. The third-order valence-corrected chi connectivity index (χ3v) is 6.77. The first kappa shape index (κ1) is 20.1. The molecule has 0 saturated carbocycles. The van der Waals surface area contributed by atoms with Crippen molar-refractivity contribution in [1.29, 1.82) is 0 Å². The number of aromatic amines is 1. The Labute approximate surface area is 169 Å². The van der Waals surface area contributed by atoms with E-state index in [1.165, 1.54) is 0 Å². The topological polar surface area (TPSA) is 118 Å². The molecular formula is C19H20N4O3S2. The van der Waals surface area contributed by atoms with Crippen molar-refractivity contribution in [2.45, 2.75) is 37.6 Å². The lowest BCUT2D eigenvalue weighted by Gasteiger charge is -2.08. The van der Waals surface area contributed by atoms with Gasteiger partial charge in [0, 0.05) is 5.69 Å². The molecule has 1 aromatic carbocycles. The number of carbonyl (C=O) groups is 2. The van der Waals surface area contributed by atoms with E-state index in [0.29, 0.717) is 32.2 Å². The molecule has 0 saturated heterocycles. The molecule has 0 bridgehead atoms. The Hall–Kier alpha value is -2.65. The number of nitrogens with zero attached hydrogens (tertiary/aromatic N) is 1. The van der Waals surface area contributed by atoms with Gasteiger partial charge in [0.2, 0.25) is 5.91 Å². The lowest BCUT2D eigenvalue weighted by Crippen LogP contribution is -2.25. The summed E-state index contributed by atoms with van der Waals surface area (Å²) in [5, 5.41) is 3.10. The second kappa shape index (κ2) is 8.15. The first-order valence-corrected chi connectivity index (χ1v) is 10.4. The number of thioether (sulfide) groups is 1. The lowest BCUT2D eigenvalue weighted by molar-refractivity contribution is -0.117. The number of aromatic nitrogens is 2. The van der Waals surface area contributed by atoms with E-state index in [1.54, 1.807) is 6.92 Å². The summed E-state index contributed by atoms with van der Waals surface area (Å²) in [4.78, 5) is 44.8. The highest BCUT2D eigenvalue weighted by molar-refractivity contribution is 8.00. The Morgan fingerprint density at radius 1 is 1.32 bits per heavy atom. The standard InChI is InChI=1S/C19H20N4O3S2/c1-4-12(15(20)24)27-19-22-16(25)13-10(3)14(28-18(13)23-19)17(26)21-11-8-6-5-7-9(11)2/h5-8,12H,4H2,1-3H3,(H2,20,24)(H,21,26)(H,22,23,25). The summed E-state index contributed by atoms with van der Waals surface area (Å²) in [7, 11) is 0. The molecule has 4 N–H and O–H groups in total. The summed E-state index contributed by atoms with van der Waals surface area (Å²) < 4.78 is 0. The van der Waals surface area contributed by atoms with Gasteiger partial charge in [0.05, 0.1) is 15.5 Å². The summed E-state index contributed by atoms with van der Waals surface area (Å²) in [6.45, 7) is 5.47. The molecule has 0 spiro atoms. The molecule has 1 atom stereocenters. The van der Waals surface area contributed by atoms with Crippen LogP contribution in [0.2, 0.25) is 0 Å². The Balaban J connectivity index is 1.97. The average Bonchev–Trinajstić information content (AvgIpc) is 2.98. The largest absolute Gasteiger partial charge is 0.369 e. The zero-order valence-electron chi connectivity index (χ0n) is 15.7. The van der Waals surface area contributed by atoms with Crippen LogP contribution in [0.1, 0.15) is 34.1 Å². The fraction of sp³-hybridized carbons (Fsp3) is 0.263. The van der Waals surface area contributed by atoms with Crippen molar-refractivity contribution < 1.29 is 9.59 Å². The van der Waals surface area contributed by atoms with Gasteiger partial charge in [-0.1, -0.05) is 36.9 Å². The quantitative estimate of drug-likeness (QED) is 0.421. The number of nitrogens with two attached hydrogens (primary N) is 1. The van der Waals surface area contributed by atoms with Crippen LogP contribution in [0.25, 0.3) is 10.2 Å². The minimum absolute atomic E-state index is 0.285. The van der Waals surface area contributed by atoms with Gasteiger partial charge >= 0.3 is 0 Å². The van der Waals surface area contributed by atoms with Crippen LogP contribution in [0.4, 0.5) is 5.69 Å². The number of para-hydroxylation sites is 1. The highest BCUT2D eigenvalue weighted by Crippen LogP contribution is 2.30. The van der Waals surface area contributed by atoms with Crippen LogP contribution >= 0.6 is 23.1 Å². The van der Waals surface area contributed by atoms with Gasteiger partial charge in [-0.15, -0.1) is 11.3 Å². The Kier molecular flexibility index (Phi) is 5.85. The smallest absolute Gasteiger partial charge is 0.266 e. The summed E-state index contributed by atoms with van der Waals surface area (Å²) >= 11 is 2.27. The van der Waals surface area contributed by atoms with E-state index in [0.717, 1.165) is 34.3 Å². The number of fused-ring (bicyclic) bond motifs is 1. The van der Waals surface area contributed by atoms with Crippen molar-refractivity contribution in [2.24, 2.45) is 5.73 Å². The first-order valence-electron chi connectivity index (χ1n) is 8.68. The van der Waals surface area contributed by atoms with Gasteiger partial charge in [-0.05, 0) is 37.5 Å². The summed E-state index contributed by atoms with van der Waals surface area (Å²) in [5.74, 6) is -0.747. The molecule has 9 heteroatoms. The van der Waals surface area contributed by atoms with Gasteiger partial charge in [-0.2, -0.15) is 0 Å². The van der Waals surface area contributed by atoms with Gasteiger partial charge < -0.3 is 16.0 Å². The maximum atomic E-state index is 12.8. The Morgan fingerprint density at radius 2 is 2.04 bits per heavy atom. The molecule has 0 aliphatic heterocycles. The van der Waals surface area contributed by atoms with Crippen molar-refractivity contribution in [3.63, 3.8) is 0 Å². The number of amides is 2. The maximum Gasteiger partial charge on any atom is 0.266 e. The zero-order valence-corrected chi connectivity index (χ0v) is 17.3. The van der Waals surface area contributed by atoms with E-state index in [-0.39, 0.29) is 11.5 Å². The van der Waals surface area contributed by atoms with E-state index >= 15 is 0 Å². The number of thiophene rings is 1. The molecule has 7 nitrogen and oxygen atoms in total. The maximum absolute atomic E-state index is 12.8. The van der Waals surface area contributed by atoms with Crippen LogP contribution in [0, 0.1) is 13.8 Å². The second-order valence-corrected chi connectivity index (χ2v) is 8.48. The molecule has 28 heavy (non-hydrogen) atoms. The highest BCUT2D eigenvalue weighted by atomic mass is 32.2. The number of nitrogens with one attached hydrogen (secondary N) is 2. The molecule has 0 aliphatic rings. The van der Waals surface area contributed by atoms with E-state index < -0.39 is 11.2 Å². The molecule has 1 unspecified atom stereocenters. The van der Waals surface area contributed by atoms with Gasteiger partial charge in [0.15, 0.2) is 5.16 Å². The molecule has 0 aliphatic carbocycles. The zero-order chi connectivity index (χ0) is 20.4. The van der Waals surface area contributed by atoms with Crippen LogP contribution in [-0.4, -0.2) is 27.0 Å². The van der Waals surface area contributed by atoms with Crippen molar-refractivity contribution in [2.75, 3.05) is 5.32 Å². The van der Waals surface area contributed by atoms with Crippen LogP contribution in [-0.2, 0) is 4.79 Å². The fourth-order valence-corrected chi connectivity index (χ4v) is 4.75. The van der Waals surface area contributed by atoms with Crippen molar-refractivity contribution in [3.05, 3.63) is 50.6 Å². The molecule has 3 aromatic rings. The number of rotatable bonds is 6. The van der Waals surface area contributed by atoms with Gasteiger partial charge in [0.1, 0.15) is 4.83 Å². The summed E-state index contributed by atoms with van der Waals surface area (Å²) in [5.41, 5.74) is 7.28. The number of hydrogen-bond donors (Lipinski definition) is 3. The molecule has 0 fully saturated rings. The van der Waals surface area contributed by atoms with Gasteiger partial charge in [-0.25, -0.2) is 4.98 Å². The van der Waals surface area contributed by atoms with Crippen LogP contribution in [0.15, 0.2) is 34.2 Å². The number of carbonyl (C=O) groups excluding carboxylic acids is 2. The number of primary amides is 1. The van der Waals surface area contributed by atoms with Crippen LogP contribution in [0.5, 0.6) is 0 Å². The minimum atomic E-state index is -0.481. The highest BCUT2D eigenvalue weighted by Gasteiger charge is 2.22. The van der Waals surface area contributed by atoms with E-state index in [9.17, 15) is 14.4 Å². The predicted octanol–water partition coefficient (Wildman–Crippen LogP) is 3.21. The first-order chi connectivity index (χ1) is 13.3. The Bertz CT molecular complexity index is 1120. The van der Waals surface area contributed by atoms with E-state index in [1.807, 2.05) is 38.1 Å². The molecule has 2 aromatic heterocycles. The fourth-order valence-electron chi connectivity index (χ4n) is 2.77. The Morgan fingerprint density at radius 3 is 2.68 bits per heavy atom. The van der Waals surface area contributed by atoms with Crippen LogP contribution < -0.4 is 16.6 Å². The normalized spacial score (nSPS) is 12.1. The number of benzene rings is 1. The van der Waals surface area contributed by atoms with Crippen molar-refractivity contribution in [1.82, 2.24) is 9.97 Å². The second-order valence-electron chi connectivity index (χ2n) is 6.29. The minimum Gasteiger partial charge on any atom is -0.369 e. The third kappa shape index (κ3) is 3.95. The molecule has 2 amide bonds. The van der Waals surface area contributed by atoms with E-state index in [4.69, 9.17) is 5.73 Å². The summed E-state index contributed by atoms with van der Waals surface area (Å²) in [6, 6.07) is 7.48. The molecular weight excluding hydrogens is 396 g/mol. The van der Waals surface area contributed by atoms with Gasteiger partial charge in [0.25, 0.3) is 11.5 Å². The summed E-state index contributed by atoms with van der Waals surface area (Å²) in [6.07, 6.45) is 0.523. The molecule has 146 valence electrons. The SMILES string of the molecule is CCC(Sc1nc2sc(C(=O)Nc3ccccc3C)c(C)c2c(=O)[nH]1)C(N)=O. The number of anilines is 1. The number of hydrogen-bond acceptors (Lipinski definition) is 6. The average molecular weight is 417 g/mol. The van der Waals surface area contributed by atoms with Crippen molar-refractivity contribution >= 4 is 50.8 Å². The third-order valence-electron chi connectivity index (χ3n) is 4.32. The van der Waals surface area contributed by atoms with E-state index in [2.05, 4.69) is 15.3 Å². The van der Waals surface area contributed by atoms with Crippen molar-refractivity contribution in [3.8, 4) is 0 Å². The van der Waals surface area contributed by atoms with Gasteiger partial charge in [-0.3, -0.25) is 14.4 Å². The lowest BCUT2D eigenvalue weighted by atomic mass is 10.2. The molecule has 0 radical (unpaired) electrons. The predicted molar refractivity (Wildman–Crippen MR) is 113 cm³/mol.